The highest BCUT2D eigenvalue weighted by Crippen LogP contribution is 2.39. The van der Waals surface area contributed by atoms with Gasteiger partial charge in [0.25, 0.3) is 11.8 Å². The molecule has 1 aliphatic rings. The molecule has 1 amide bonds. The molecule has 2 heterocycles. The molecule has 0 radical (unpaired) electrons. The Morgan fingerprint density at radius 3 is 2.61 bits per heavy atom. The maximum atomic E-state index is 14.9. The van der Waals surface area contributed by atoms with Crippen molar-refractivity contribution in [2.24, 2.45) is 0 Å². The van der Waals surface area contributed by atoms with Crippen molar-refractivity contribution in [1.29, 1.82) is 0 Å². The van der Waals surface area contributed by atoms with Crippen LogP contribution in [0.25, 0.3) is 11.3 Å². The highest BCUT2D eigenvalue weighted by molar-refractivity contribution is 6.00. The van der Waals surface area contributed by atoms with Crippen LogP contribution >= 0.6 is 0 Å². The van der Waals surface area contributed by atoms with E-state index >= 15 is 0 Å². The van der Waals surface area contributed by atoms with Crippen LogP contribution in [0.3, 0.4) is 0 Å². The summed E-state index contributed by atoms with van der Waals surface area (Å²) in [5.41, 5.74) is 5.66. The molecule has 1 unspecified atom stereocenters. The summed E-state index contributed by atoms with van der Waals surface area (Å²) in [6.45, 7) is -0.777. The van der Waals surface area contributed by atoms with Crippen molar-refractivity contribution in [3.05, 3.63) is 65.0 Å². The van der Waals surface area contributed by atoms with Crippen LogP contribution in [-0.4, -0.2) is 64.8 Å². The van der Waals surface area contributed by atoms with E-state index in [0.29, 0.717) is 5.75 Å². The Labute approximate surface area is 204 Å². The fraction of sp³-hybridized carbons (Fsp3) is 0.292. The van der Waals surface area contributed by atoms with Gasteiger partial charge < -0.3 is 20.9 Å². The molecular formula is C24H24F3N5O4. The molecule has 0 saturated carbocycles. The maximum Gasteiger partial charge on any atom is 0.341 e. The lowest BCUT2D eigenvalue weighted by molar-refractivity contribution is -0.0233. The first-order chi connectivity index (χ1) is 17.0. The number of halogens is 3. The molecule has 4 N–H and O–H groups in total. The van der Waals surface area contributed by atoms with Crippen LogP contribution in [-0.2, 0) is 6.54 Å². The quantitative estimate of drug-likeness (QED) is 0.453. The van der Waals surface area contributed by atoms with Gasteiger partial charge in [-0.25, -0.2) is 22.6 Å². The number of hydrogen-bond donors (Lipinski definition) is 3. The van der Waals surface area contributed by atoms with Gasteiger partial charge in [0.15, 0.2) is 0 Å². The fourth-order valence-electron chi connectivity index (χ4n) is 4.25. The molecular weight excluding hydrogens is 479 g/mol. The number of carboxylic acid groups (broad SMARTS) is 1. The number of carbonyl (C=O) groups excluding carboxylic acids is 1. The third-order valence-electron chi connectivity index (χ3n) is 6.03. The van der Waals surface area contributed by atoms with Gasteiger partial charge in [-0.2, -0.15) is 5.10 Å². The van der Waals surface area contributed by atoms with E-state index in [1.54, 1.807) is 24.3 Å². The SMILES string of the molecule is COc1ccccc1C(=O)NCc1ccc(-c2nn(C3CN(C)CC3(F)F)c(N)c2C(=O)O)cc1F. The van der Waals surface area contributed by atoms with E-state index in [9.17, 15) is 27.9 Å². The second-order valence-electron chi connectivity index (χ2n) is 8.52. The van der Waals surface area contributed by atoms with Gasteiger partial charge in [-0.05, 0) is 25.2 Å². The van der Waals surface area contributed by atoms with Crippen molar-refractivity contribution in [3.63, 3.8) is 0 Å². The molecule has 1 saturated heterocycles. The molecule has 12 heteroatoms. The Morgan fingerprint density at radius 2 is 2.00 bits per heavy atom. The zero-order valence-electron chi connectivity index (χ0n) is 19.5. The number of nitrogens with two attached hydrogens (primary N) is 1. The van der Waals surface area contributed by atoms with E-state index in [-0.39, 0.29) is 35.5 Å². The number of nitrogens with zero attached hydrogens (tertiary/aromatic N) is 3. The molecule has 1 aliphatic heterocycles. The number of carbonyl (C=O) groups is 2. The van der Waals surface area contributed by atoms with Gasteiger partial charge in [0, 0.05) is 24.2 Å². The lowest BCUT2D eigenvalue weighted by Gasteiger charge is -2.19. The predicted molar refractivity (Wildman–Crippen MR) is 125 cm³/mol. The first-order valence-corrected chi connectivity index (χ1v) is 10.9. The third-order valence-corrected chi connectivity index (χ3v) is 6.03. The molecule has 0 bridgehead atoms. The molecule has 0 aliphatic carbocycles. The van der Waals surface area contributed by atoms with E-state index in [0.717, 1.165) is 10.7 Å². The summed E-state index contributed by atoms with van der Waals surface area (Å²) < 4.78 is 49.9. The summed E-state index contributed by atoms with van der Waals surface area (Å²) in [4.78, 5) is 25.8. The number of likely N-dealkylation sites (N-methyl/N-ethyl adjacent to an activating group) is 1. The van der Waals surface area contributed by atoms with Gasteiger partial charge in [0.05, 0.1) is 19.2 Å². The molecule has 0 spiro atoms. The van der Waals surface area contributed by atoms with Crippen LogP contribution in [0.4, 0.5) is 19.0 Å². The maximum absolute atomic E-state index is 14.9. The second-order valence-corrected chi connectivity index (χ2v) is 8.52. The summed E-state index contributed by atoms with van der Waals surface area (Å²) >= 11 is 0. The average Bonchev–Trinajstić information content (AvgIpc) is 3.31. The minimum absolute atomic E-state index is 0.0461. The third kappa shape index (κ3) is 4.59. The van der Waals surface area contributed by atoms with E-state index < -0.39 is 47.6 Å². The van der Waals surface area contributed by atoms with Gasteiger partial charge in [-0.15, -0.1) is 0 Å². The highest BCUT2D eigenvalue weighted by Gasteiger charge is 2.49. The summed E-state index contributed by atoms with van der Waals surface area (Å²) in [5.74, 6) is -5.96. The summed E-state index contributed by atoms with van der Waals surface area (Å²) in [5, 5.41) is 16.4. The number of hydrogen-bond acceptors (Lipinski definition) is 6. The van der Waals surface area contributed by atoms with Crippen molar-refractivity contribution >= 4 is 17.7 Å². The highest BCUT2D eigenvalue weighted by atomic mass is 19.3. The molecule has 190 valence electrons. The Morgan fingerprint density at radius 1 is 1.28 bits per heavy atom. The smallest absolute Gasteiger partial charge is 0.341 e. The van der Waals surface area contributed by atoms with Crippen molar-refractivity contribution < 1.29 is 32.6 Å². The topological polar surface area (TPSA) is 123 Å². The summed E-state index contributed by atoms with van der Waals surface area (Å²) in [7, 11) is 2.93. The number of aromatic nitrogens is 2. The Balaban J connectivity index is 1.61. The van der Waals surface area contributed by atoms with E-state index in [1.807, 2.05) is 0 Å². The standard InChI is InChI=1S/C24H24F3N5O4/c1-31-11-18(24(26,27)12-31)32-21(28)19(23(34)35)20(30-32)13-7-8-14(16(25)9-13)10-29-22(33)15-5-3-4-6-17(15)36-2/h3-9,18H,10-12,28H2,1-2H3,(H,29,33)(H,34,35). The Bertz CT molecular complexity index is 1330. The number of ether oxygens (including phenoxy) is 1. The number of para-hydroxylation sites is 1. The van der Waals surface area contributed by atoms with Gasteiger partial charge in [-0.3, -0.25) is 9.69 Å². The Kier molecular flexibility index (Phi) is 6.63. The lowest BCUT2D eigenvalue weighted by Crippen LogP contribution is -2.31. The molecule has 2 aromatic carbocycles. The number of nitrogen functional groups attached to an aromatic ring is 1. The molecule has 1 atom stereocenters. The van der Waals surface area contributed by atoms with Gasteiger partial charge in [0.2, 0.25) is 0 Å². The van der Waals surface area contributed by atoms with Crippen molar-refractivity contribution in [1.82, 2.24) is 20.0 Å². The summed E-state index contributed by atoms with van der Waals surface area (Å²) in [6, 6.07) is 8.86. The van der Waals surface area contributed by atoms with E-state index in [2.05, 4.69) is 10.4 Å². The van der Waals surface area contributed by atoms with Gasteiger partial charge in [-0.1, -0.05) is 24.3 Å². The van der Waals surface area contributed by atoms with Crippen LogP contribution in [0.2, 0.25) is 0 Å². The van der Waals surface area contributed by atoms with Gasteiger partial charge >= 0.3 is 5.97 Å². The summed E-state index contributed by atoms with van der Waals surface area (Å²) in [6.07, 6.45) is 0. The number of benzene rings is 2. The predicted octanol–water partition coefficient (Wildman–Crippen LogP) is 3.03. The molecule has 3 aromatic rings. The fourth-order valence-corrected chi connectivity index (χ4v) is 4.25. The molecule has 36 heavy (non-hydrogen) atoms. The van der Waals surface area contributed by atoms with Crippen molar-refractivity contribution in [3.8, 4) is 17.0 Å². The van der Waals surface area contributed by atoms with E-state index in [4.69, 9.17) is 10.5 Å². The van der Waals surface area contributed by atoms with Gasteiger partial charge in [0.1, 0.15) is 34.7 Å². The minimum Gasteiger partial charge on any atom is -0.496 e. The number of rotatable bonds is 7. The van der Waals surface area contributed by atoms with Crippen LogP contribution in [0.15, 0.2) is 42.5 Å². The van der Waals surface area contributed by atoms with Crippen LogP contribution in [0.1, 0.15) is 32.3 Å². The van der Waals surface area contributed by atoms with Crippen LogP contribution in [0.5, 0.6) is 5.75 Å². The largest absolute Gasteiger partial charge is 0.496 e. The number of anilines is 1. The monoisotopic (exact) mass is 503 g/mol. The van der Waals surface area contributed by atoms with Crippen LogP contribution < -0.4 is 15.8 Å². The van der Waals surface area contributed by atoms with Crippen LogP contribution in [0, 0.1) is 5.82 Å². The van der Waals surface area contributed by atoms with Crippen molar-refractivity contribution in [2.45, 2.75) is 18.5 Å². The lowest BCUT2D eigenvalue weighted by atomic mass is 10.0. The van der Waals surface area contributed by atoms with E-state index in [1.165, 1.54) is 31.2 Å². The number of likely N-dealkylation sites (tertiary alicyclic amines) is 1. The first kappa shape index (κ1) is 25.0. The molecule has 4 rings (SSSR count). The average molecular weight is 503 g/mol. The number of carboxylic acids is 1. The minimum atomic E-state index is -3.18. The molecule has 1 fully saturated rings. The number of nitrogens with one attached hydrogen (secondary N) is 1. The number of methoxy groups -OCH3 is 1. The normalized spacial score (nSPS) is 17.2. The van der Waals surface area contributed by atoms with Crippen molar-refractivity contribution in [2.75, 3.05) is 33.0 Å². The first-order valence-electron chi connectivity index (χ1n) is 10.9. The Hall–Kier alpha value is -4.06. The molecule has 9 nitrogen and oxygen atoms in total. The number of alkyl halides is 2. The zero-order chi connectivity index (χ0) is 26.2. The number of aromatic carboxylic acids is 1. The number of amides is 1. The second kappa shape index (κ2) is 9.53. The zero-order valence-corrected chi connectivity index (χ0v) is 19.5. The molecule has 1 aromatic heterocycles.